The lowest BCUT2D eigenvalue weighted by atomic mass is 10.0. The number of fused-ring (bicyclic) bond motifs is 1. The highest BCUT2D eigenvalue weighted by Crippen LogP contribution is 2.39. The van der Waals surface area contributed by atoms with Crippen LogP contribution in [0.2, 0.25) is 0 Å². The van der Waals surface area contributed by atoms with Crippen molar-refractivity contribution in [2.75, 3.05) is 18.8 Å². The minimum atomic E-state index is -4.69. The normalized spacial score (nSPS) is 14.4. The van der Waals surface area contributed by atoms with Gasteiger partial charge in [-0.15, -0.1) is 11.6 Å². The second-order valence-electron chi connectivity index (χ2n) is 9.92. The predicted molar refractivity (Wildman–Crippen MR) is 148 cm³/mol. The lowest BCUT2D eigenvalue weighted by molar-refractivity contribution is -0.136. The maximum atomic E-state index is 14.0. The number of pyridine rings is 2. The van der Waals surface area contributed by atoms with Crippen LogP contribution in [0.1, 0.15) is 46.5 Å². The molecule has 0 bridgehead atoms. The van der Waals surface area contributed by atoms with E-state index in [2.05, 4.69) is 15.3 Å². The number of likely N-dealkylation sites (tertiary alicyclic amines) is 1. The van der Waals surface area contributed by atoms with Crippen LogP contribution in [0.3, 0.4) is 0 Å². The van der Waals surface area contributed by atoms with Crippen LogP contribution in [0, 0.1) is 0 Å². The zero-order valence-electron chi connectivity index (χ0n) is 21.9. The van der Waals surface area contributed by atoms with Gasteiger partial charge in [0.05, 0.1) is 23.4 Å². The number of rotatable bonds is 7. The second-order valence-corrected chi connectivity index (χ2v) is 10.5. The van der Waals surface area contributed by atoms with Crippen LogP contribution in [0.25, 0.3) is 22.2 Å². The third-order valence-corrected chi connectivity index (χ3v) is 7.38. The van der Waals surface area contributed by atoms with E-state index in [0.29, 0.717) is 43.7 Å². The summed E-state index contributed by atoms with van der Waals surface area (Å²) in [6, 6.07) is 10.5. The first kappa shape index (κ1) is 28.4. The van der Waals surface area contributed by atoms with Gasteiger partial charge in [0.1, 0.15) is 17.2 Å². The van der Waals surface area contributed by atoms with Gasteiger partial charge < -0.3 is 20.4 Å². The molecule has 1 aromatic carbocycles. The Balaban J connectivity index is 1.31. The number of nitrogens with zero attached hydrogens (tertiary/aromatic N) is 3. The lowest BCUT2D eigenvalue weighted by Crippen LogP contribution is -2.38. The molecule has 41 heavy (non-hydrogen) atoms. The summed E-state index contributed by atoms with van der Waals surface area (Å²) in [4.78, 5) is 35.1. The van der Waals surface area contributed by atoms with Crippen molar-refractivity contribution in [3.05, 3.63) is 77.3 Å². The van der Waals surface area contributed by atoms with Gasteiger partial charge >= 0.3 is 6.18 Å². The number of aromatic nitrogens is 2. The molecule has 3 aromatic heterocycles. The first-order valence-corrected chi connectivity index (χ1v) is 13.5. The number of halogens is 4. The molecule has 12 heteroatoms. The molecule has 0 spiro atoms. The molecule has 0 radical (unpaired) electrons. The molecule has 5 rings (SSSR count). The highest BCUT2D eigenvalue weighted by molar-refractivity contribution is 6.20. The van der Waals surface area contributed by atoms with Crippen LogP contribution in [0.15, 0.2) is 59.3 Å². The monoisotopic (exact) mass is 585 g/mol. The van der Waals surface area contributed by atoms with Gasteiger partial charge in [-0.3, -0.25) is 14.6 Å². The number of alkyl halides is 4. The van der Waals surface area contributed by atoms with Crippen LogP contribution >= 0.6 is 11.6 Å². The zero-order chi connectivity index (χ0) is 29.1. The number of nitrogens with two attached hydrogens (primary N) is 1. The maximum absolute atomic E-state index is 14.0. The third kappa shape index (κ3) is 6.79. The summed E-state index contributed by atoms with van der Waals surface area (Å²) in [6.07, 6.45) is 0.280. The molecule has 0 aliphatic carbocycles. The summed E-state index contributed by atoms with van der Waals surface area (Å²) in [6.45, 7) is 1.02. The van der Waals surface area contributed by atoms with Crippen molar-refractivity contribution in [3.8, 4) is 11.3 Å². The smallest absolute Gasteiger partial charge is 0.420 e. The van der Waals surface area contributed by atoms with Crippen molar-refractivity contribution in [1.29, 1.82) is 0 Å². The van der Waals surface area contributed by atoms with E-state index in [-0.39, 0.29) is 58.1 Å². The van der Waals surface area contributed by atoms with E-state index in [1.54, 1.807) is 35.4 Å². The van der Waals surface area contributed by atoms with Gasteiger partial charge in [0.15, 0.2) is 0 Å². The van der Waals surface area contributed by atoms with Crippen LogP contribution in [0.4, 0.5) is 19.0 Å². The number of nitrogen functional groups attached to an aromatic ring is 1. The lowest BCUT2D eigenvalue weighted by Gasteiger charge is -2.29. The molecule has 1 aliphatic rings. The summed E-state index contributed by atoms with van der Waals surface area (Å²) < 4.78 is 47.5. The number of piperidine rings is 1. The molecule has 2 amide bonds. The molecular formula is C29H27ClF3N5O3. The van der Waals surface area contributed by atoms with Gasteiger partial charge in [0.25, 0.3) is 5.91 Å². The van der Waals surface area contributed by atoms with Gasteiger partial charge in [-0.25, -0.2) is 4.98 Å². The van der Waals surface area contributed by atoms with E-state index in [4.69, 9.17) is 21.8 Å². The van der Waals surface area contributed by atoms with Gasteiger partial charge in [-0.1, -0.05) is 6.07 Å². The number of benzene rings is 1. The Labute approximate surface area is 238 Å². The molecule has 4 aromatic rings. The first-order chi connectivity index (χ1) is 19.6. The molecule has 0 unspecified atom stereocenters. The van der Waals surface area contributed by atoms with Gasteiger partial charge in [-0.05, 0) is 61.2 Å². The first-order valence-electron chi connectivity index (χ1n) is 13.1. The van der Waals surface area contributed by atoms with Gasteiger partial charge in [0.2, 0.25) is 5.91 Å². The number of anilines is 1. The van der Waals surface area contributed by atoms with Crippen molar-refractivity contribution in [3.63, 3.8) is 0 Å². The van der Waals surface area contributed by atoms with Crippen molar-refractivity contribution < 1.29 is 27.2 Å². The third-order valence-electron chi connectivity index (χ3n) is 6.94. The highest BCUT2D eigenvalue weighted by atomic mass is 35.5. The molecule has 3 N–H and O–H groups in total. The van der Waals surface area contributed by atoms with Crippen molar-refractivity contribution >= 4 is 40.2 Å². The molecule has 1 saturated heterocycles. The fourth-order valence-electron chi connectivity index (χ4n) is 4.69. The number of carbonyl (C=O) groups is 2. The molecule has 1 fully saturated rings. The Kier molecular flexibility index (Phi) is 8.16. The standard InChI is InChI=1S/C29H27ClF3N5O3/c30-21-7-9-38(10-8-21)28(40)18-3-4-24(35-15-18)19-11-20-12-22(41-27(20)23(13-19)29(31,32)33)16-37-26(39)6-2-17-1-5-25(34)36-14-17/h1,3-5,11-15,21H,2,6-10,16H2,(H2,34,36)(H,37,39). The molecule has 1 aliphatic heterocycles. The average Bonchev–Trinajstić information content (AvgIpc) is 3.38. The molecule has 0 atom stereocenters. The Morgan fingerprint density at radius 1 is 1.07 bits per heavy atom. The van der Waals surface area contributed by atoms with Crippen LogP contribution < -0.4 is 11.1 Å². The Bertz CT molecular complexity index is 1550. The minimum Gasteiger partial charge on any atom is -0.459 e. The maximum Gasteiger partial charge on any atom is 0.420 e. The van der Waals surface area contributed by atoms with Gasteiger partial charge in [-0.2, -0.15) is 13.2 Å². The van der Waals surface area contributed by atoms with Crippen molar-refractivity contribution in [1.82, 2.24) is 20.2 Å². The molecule has 4 heterocycles. The number of hydrogen-bond acceptors (Lipinski definition) is 6. The number of hydrogen-bond donors (Lipinski definition) is 2. The largest absolute Gasteiger partial charge is 0.459 e. The summed E-state index contributed by atoms with van der Waals surface area (Å²) in [5, 5.41) is 2.95. The fourth-order valence-corrected chi connectivity index (χ4v) is 4.89. The van der Waals surface area contributed by atoms with E-state index in [0.717, 1.165) is 11.6 Å². The molecular weight excluding hydrogens is 559 g/mol. The van der Waals surface area contributed by atoms with Crippen LogP contribution in [0.5, 0.6) is 0 Å². The minimum absolute atomic E-state index is 0.0510. The number of aryl methyl sites for hydroxylation is 1. The number of carbonyl (C=O) groups excluding carboxylic acids is 2. The molecule has 8 nitrogen and oxygen atoms in total. The SMILES string of the molecule is Nc1ccc(CCC(=O)NCc2cc3cc(-c4ccc(C(=O)N5CCC(Cl)CC5)cn4)cc(C(F)(F)F)c3o2)cn1. The van der Waals surface area contributed by atoms with Crippen LogP contribution in [-0.4, -0.2) is 45.1 Å². The van der Waals surface area contributed by atoms with Crippen molar-refractivity contribution in [2.24, 2.45) is 0 Å². The fraction of sp³-hybridized carbons (Fsp3) is 0.310. The predicted octanol–water partition coefficient (Wildman–Crippen LogP) is 5.58. The average molecular weight is 586 g/mol. The number of nitrogens with one attached hydrogen (secondary N) is 1. The topological polar surface area (TPSA) is 114 Å². The molecule has 214 valence electrons. The number of amides is 2. The van der Waals surface area contributed by atoms with E-state index in [9.17, 15) is 22.8 Å². The number of furan rings is 1. The molecule has 0 saturated carbocycles. The summed E-state index contributed by atoms with van der Waals surface area (Å²) >= 11 is 6.12. The van der Waals surface area contributed by atoms with E-state index in [1.165, 1.54) is 18.3 Å². The highest BCUT2D eigenvalue weighted by Gasteiger charge is 2.35. The van der Waals surface area contributed by atoms with Crippen LogP contribution in [-0.2, 0) is 23.9 Å². The van der Waals surface area contributed by atoms with Crippen molar-refractivity contribution in [2.45, 2.75) is 43.8 Å². The van der Waals surface area contributed by atoms with E-state index >= 15 is 0 Å². The zero-order valence-corrected chi connectivity index (χ0v) is 22.6. The summed E-state index contributed by atoms with van der Waals surface area (Å²) in [5.74, 6) is 0.0846. The quantitative estimate of drug-likeness (QED) is 0.274. The Morgan fingerprint density at radius 2 is 1.85 bits per heavy atom. The van der Waals surface area contributed by atoms with E-state index < -0.39 is 11.7 Å². The summed E-state index contributed by atoms with van der Waals surface area (Å²) in [5.41, 5.74) is 5.97. The summed E-state index contributed by atoms with van der Waals surface area (Å²) in [7, 11) is 0. The second kappa shape index (κ2) is 11.8. The van der Waals surface area contributed by atoms with Gasteiger partial charge in [0, 0.05) is 48.2 Å². The Hall–Kier alpha value is -4.12. The van der Waals surface area contributed by atoms with E-state index in [1.807, 2.05) is 0 Å². The Morgan fingerprint density at radius 3 is 2.51 bits per heavy atom.